The molecule has 2 aromatic carbocycles. The number of hydrogen-bond acceptors (Lipinski definition) is 2. The largest absolute Gasteiger partial charge is 0.457 e. The van der Waals surface area contributed by atoms with Crippen LogP contribution in [-0.2, 0) is 16.0 Å². The molecular weight excluding hydrogens is 236 g/mol. The summed E-state index contributed by atoms with van der Waals surface area (Å²) in [5, 5.41) is 0. The van der Waals surface area contributed by atoms with Gasteiger partial charge in [-0.25, -0.2) is 4.79 Å². The topological polar surface area (TPSA) is 26.3 Å². The Kier molecular flexibility index (Phi) is 5.17. The zero-order valence-electron chi connectivity index (χ0n) is 10.8. The van der Waals surface area contributed by atoms with Crippen LogP contribution in [0.2, 0.25) is 0 Å². The monoisotopic (exact) mass is 253 g/mol. The number of carbonyl (C=O) groups excluding carboxylic acids is 1. The molecule has 0 bridgehead atoms. The van der Waals surface area contributed by atoms with Crippen molar-refractivity contribution in [1.82, 2.24) is 0 Å². The predicted molar refractivity (Wildman–Crippen MR) is 76.5 cm³/mol. The van der Waals surface area contributed by atoms with Gasteiger partial charge in [0, 0.05) is 0 Å². The highest BCUT2D eigenvalue weighted by atomic mass is 16.5. The lowest BCUT2D eigenvalue weighted by atomic mass is 9.96. The van der Waals surface area contributed by atoms with Crippen molar-refractivity contribution in [3.8, 4) is 11.1 Å². The van der Waals surface area contributed by atoms with Crippen molar-refractivity contribution in [1.29, 1.82) is 0 Å². The summed E-state index contributed by atoms with van der Waals surface area (Å²) in [6.07, 6.45) is 2.87. The second-order valence-electron chi connectivity index (χ2n) is 4.41. The normalized spacial score (nSPS) is 10.1. The number of rotatable bonds is 7. The highest BCUT2D eigenvalue weighted by molar-refractivity contribution is 5.67. The minimum atomic E-state index is 0.455. The van der Waals surface area contributed by atoms with Gasteiger partial charge in [0.05, 0.1) is 6.61 Å². The third-order valence-corrected chi connectivity index (χ3v) is 3.10. The first-order valence-electron chi connectivity index (χ1n) is 6.54. The maximum atomic E-state index is 9.93. The van der Waals surface area contributed by atoms with Crippen LogP contribution in [0, 0.1) is 0 Å². The van der Waals surface area contributed by atoms with Crippen LogP contribution in [0.25, 0.3) is 11.1 Å². The van der Waals surface area contributed by atoms with Crippen LogP contribution in [0.4, 0.5) is 0 Å². The number of benzene rings is 2. The molecule has 0 fully saturated rings. The molecule has 0 aliphatic carbocycles. The van der Waals surface area contributed by atoms with Gasteiger partial charge in [-0.3, -0.25) is 0 Å². The first kappa shape index (κ1) is 13.3. The maximum Gasteiger partial charge on any atom is 0.417 e. The van der Waals surface area contributed by atoms with Gasteiger partial charge in [0.15, 0.2) is 0 Å². The van der Waals surface area contributed by atoms with Crippen LogP contribution in [0.1, 0.15) is 18.4 Å². The van der Waals surface area contributed by atoms with Crippen molar-refractivity contribution in [3.05, 3.63) is 60.2 Å². The summed E-state index contributed by atoms with van der Waals surface area (Å²) in [4.78, 5) is 9.93. The molecule has 0 N–H and O–H groups in total. The van der Waals surface area contributed by atoms with Gasteiger partial charge < -0.3 is 4.74 Å². The van der Waals surface area contributed by atoms with Gasteiger partial charge in [0.25, 0.3) is 0 Å². The van der Waals surface area contributed by atoms with Crippen LogP contribution >= 0.6 is 0 Å². The van der Waals surface area contributed by atoms with E-state index in [-0.39, 0.29) is 0 Å². The first-order valence-corrected chi connectivity index (χ1v) is 6.54. The third kappa shape index (κ3) is 3.95. The Bertz CT molecular complexity index is 506. The molecule has 2 aromatic rings. The molecule has 1 radical (unpaired) electrons. The summed E-state index contributed by atoms with van der Waals surface area (Å²) in [6.45, 7) is 1.91. The van der Waals surface area contributed by atoms with Gasteiger partial charge >= 0.3 is 6.47 Å². The van der Waals surface area contributed by atoms with Crippen LogP contribution in [0.5, 0.6) is 0 Å². The van der Waals surface area contributed by atoms with Crippen LogP contribution in [-0.4, -0.2) is 13.1 Å². The van der Waals surface area contributed by atoms with Crippen molar-refractivity contribution < 1.29 is 9.53 Å². The quantitative estimate of drug-likeness (QED) is 0.702. The molecule has 2 nitrogen and oxygen atoms in total. The molecule has 2 heteroatoms. The standard InChI is InChI=1S/C17H17O2/c18-14-19-13-7-6-11-16-10-4-5-12-17(16)15-8-2-1-3-9-15/h1-5,8-10,12H,6-7,11,13H2. The lowest BCUT2D eigenvalue weighted by molar-refractivity contribution is 0.270. The second kappa shape index (κ2) is 7.37. The molecule has 0 aliphatic rings. The number of ether oxygens (including phenoxy) is 1. The van der Waals surface area contributed by atoms with E-state index in [2.05, 4.69) is 53.3 Å². The van der Waals surface area contributed by atoms with Crippen LogP contribution in [0.3, 0.4) is 0 Å². The molecule has 0 spiro atoms. The predicted octanol–water partition coefficient (Wildman–Crippen LogP) is 3.76. The van der Waals surface area contributed by atoms with E-state index in [4.69, 9.17) is 0 Å². The van der Waals surface area contributed by atoms with Crippen LogP contribution < -0.4 is 0 Å². The first-order chi connectivity index (χ1) is 9.42. The van der Waals surface area contributed by atoms with Gasteiger partial charge in [-0.05, 0) is 36.0 Å². The van der Waals surface area contributed by atoms with E-state index in [0.29, 0.717) is 6.61 Å². The van der Waals surface area contributed by atoms with Crippen molar-refractivity contribution in [2.45, 2.75) is 19.3 Å². The summed E-state index contributed by atoms with van der Waals surface area (Å²) in [5.74, 6) is 0. The van der Waals surface area contributed by atoms with Crippen molar-refractivity contribution >= 4 is 6.47 Å². The molecule has 0 aromatic heterocycles. The molecule has 0 amide bonds. The Balaban J connectivity index is 2.03. The fourth-order valence-corrected chi connectivity index (χ4v) is 2.17. The van der Waals surface area contributed by atoms with Gasteiger partial charge in [-0.15, -0.1) is 0 Å². The fourth-order valence-electron chi connectivity index (χ4n) is 2.17. The zero-order chi connectivity index (χ0) is 13.3. The lowest BCUT2D eigenvalue weighted by Crippen LogP contribution is -1.95. The van der Waals surface area contributed by atoms with Gasteiger partial charge in [-0.2, -0.15) is 0 Å². The molecule has 2 rings (SSSR count). The molecule has 0 saturated carbocycles. The molecule has 0 atom stereocenters. The average molecular weight is 253 g/mol. The van der Waals surface area contributed by atoms with Crippen molar-refractivity contribution in [2.75, 3.05) is 6.61 Å². The number of aryl methyl sites for hydroxylation is 1. The smallest absolute Gasteiger partial charge is 0.417 e. The number of unbranched alkanes of at least 4 members (excludes halogenated alkanes) is 1. The summed E-state index contributed by atoms with van der Waals surface area (Å²) in [5.41, 5.74) is 3.87. The highest BCUT2D eigenvalue weighted by Crippen LogP contribution is 2.24. The van der Waals surface area contributed by atoms with E-state index in [0.717, 1.165) is 19.3 Å². The second-order valence-corrected chi connectivity index (χ2v) is 4.41. The average Bonchev–Trinajstić information content (AvgIpc) is 2.48. The van der Waals surface area contributed by atoms with Gasteiger partial charge in [-0.1, -0.05) is 54.6 Å². The Morgan fingerprint density at radius 3 is 2.42 bits per heavy atom. The summed E-state index contributed by atoms with van der Waals surface area (Å²) >= 11 is 0. The third-order valence-electron chi connectivity index (χ3n) is 3.10. The fraction of sp³-hybridized carbons (Fsp3) is 0.235. The summed E-state index contributed by atoms with van der Waals surface area (Å²) < 4.78 is 4.58. The molecule has 97 valence electrons. The van der Waals surface area contributed by atoms with Gasteiger partial charge in [0.2, 0.25) is 0 Å². The van der Waals surface area contributed by atoms with E-state index in [1.807, 2.05) is 6.07 Å². The minimum Gasteiger partial charge on any atom is -0.457 e. The van der Waals surface area contributed by atoms with Crippen molar-refractivity contribution in [3.63, 3.8) is 0 Å². The SMILES string of the molecule is O=[C]OCCCCc1ccccc1-c1ccccc1. The zero-order valence-corrected chi connectivity index (χ0v) is 10.8. The van der Waals surface area contributed by atoms with E-state index in [1.54, 1.807) is 0 Å². The molecule has 0 unspecified atom stereocenters. The van der Waals surface area contributed by atoms with E-state index >= 15 is 0 Å². The highest BCUT2D eigenvalue weighted by Gasteiger charge is 2.03. The maximum absolute atomic E-state index is 9.93. The lowest BCUT2D eigenvalue weighted by Gasteiger charge is -2.09. The molecular formula is C17H17O2. The van der Waals surface area contributed by atoms with Crippen molar-refractivity contribution in [2.24, 2.45) is 0 Å². The summed E-state index contributed by atoms with van der Waals surface area (Å²) in [6, 6.07) is 18.8. The molecule has 19 heavy (non-hydrogen) atoms. The Morgan fingerprint density at radius 2 is 1.63 bits per heavy atom. The molecule has 0 saturated heterocycles. The number of hydrogen-bond donors (Lipinski definition) is 0. The molecule has 0 heterocycles. The summed E-state index contributed by atoms with van der Waals surface area (Å²) in [7, 11) is 0. The Labute approximate surface area is 114 Å². The van der Waals surface area contributed by atoms with Gasteiger partial charge in [0.1, 0.15) is 0 Å². The Hall–Kier alpha value is -2.09. The van der Waals surface area contributed by atoms with Crippen LogP contribution in [0.15, 0.2) is 54.6 Å². The minimum absolute atomic E-state index is 0.455. The van der Waals surface area contributed by atoms with E-state index in [1.165, 1.54) is 23.2 Å². The van der Waals surface area contributed by atoms with E-state index in [9.17, 15) is 4.79 Å². The Morgan fingerprint density at radius 1 is 0.895 bits per heavy atom. The van der Waals surface area contributed by atoms with E-state index < -0.39 is 0 Å². The molecule has 0 aliphatic heterocycles.